The molecular weight excluding hydrogens is 244 g/mol. The van der Waals surface area contributed by atoms with E-state index in [0.717, 1.165) is 30.3 Å². The van der Waals surface area contributed by atoms with Gasteiger partial charge in [-0.2, -0.15) is 0 Å². The minimum atomic E-state index is 0.903. The van der Waals surface area contributed by atoms with E-state index >= 15 is 0 Å². The van der Waals surface area contributed by atoms with Gasteiger partial charge in [-0.05, 0) is 25.5 Å². The van der Waals surface area contributed by atoms with E-state index in [2.05, 4.69) is 23.3 Å². The average Bonchev–Trinajstić information content (AvgIpc) is 2.80. The van der Waals surface area contributed by atoms with Crippen molar-refractivity contribution in [3.8, 4) is 0 Å². The second kappa shape index (κ2) is 6.50. The molecule has 0 spiro atoms. The Morgan fingerprint density at radius 2 is 2.28 bits per heavy atom. The fraction of sp³-hybridized carbons (Fsp3) is 0.357. The summed E-state index contributed by atoms with van der Waals surface area (Å²) in [7, 11) is 0. The van der Waals surface area contributed by atoms with Crippen LogP contribution < -0.4 is 5.32 Å². The van der Waals surface area contributed by atoms with Gasteiger partial charge in [0.1, 0.15) is 11.6 Å². The van der Waals surface area contributed by atoms with Crippen molar-refractivity contribution >= 4 is 17.6 Å². The lowest BCUT2D eigenvalue weighted by Crippen LogP contribution is -2.04. The molecule has 1 N–H and O–H groups in total. The fourth-order valence-electron chi connectivity index (χ4n) is 1.64. The third kappa shape index (κ3) is 3.29. The molecular formula is C14H18N2OS. The lowest BCUT2D eigenvalue weighted by atomic mass is 10.3. The predicted octanol–water partition coefficient (Wildman–Crippen LogP) is 4.10. The molecule has 2 rings (SSSR count). The summed E-state index contributed by atoms with van der Waals surface area (Å²) < 4.78 is 5.30. The summed E-state index contributed by atoms with van der Waals surface area (Å²) in [6.45, 7) is 5.10. The van der Waals surface area contributed by atoms with Crippen LogP contribution in [0.2, 0.25) is 0 Å². The first-order valence-electron chi connectivity index (χ1n) is 6.16. The number of aryl methyl sites for hydroxylation is 1. The molecule has 2 heterocycles. The Balaban J connectivity index is 2.02. The van der Waals surface area contributed by atoms with Gasteiger partial charge in [-0.1, -0.05) is 13.0 Å². The van der Waals surface area contributed by atoms with Crippen LogP contribution in [-0.2, 0) is 5.75 Å². The molecule has 0 aliphatic heterocycles. The Hall–Kier alpha value is -1.42. The van der Waals surface area contributed by atoms with E-state index in [1.165, 1.54) is 10.5 Å². The van der Waals surface area contributed by atoms with E-state index in [1.807, 2.05) is 25.3 Å². The second-order valence-electron chi connectivity index (χ2n) is 4.07. The maximum atomic E-state index is 5.30. The van der Waals surface area contributed by atoms with Gasteiger partial charge in [0.05, 0.1) is 6.26 Å². The van der Waals surface area contributed by atoms with Crippen LogP contribution in [0.5, 0.6) is 0 Å². The molecule has 0 unspecified atom stereocenters. The summed E-state index contributed by atoms with van der Waals surface area (Å²) >= 11 is 1.78. The number of thioether (sulfide) groups is 1. The van der Waals surface area contributed by atoms with Gasteiger partial charge < -0.3 is 9.73 Å². The maximum absolute atomic E-state index is 5.30. The Kier molecular flexibility index (Phi) is 4.70. The van der Waals surface area contributed by atoms with Crippen LogP contribution in [0.15, 0.2) is 40.0 Å². The van der Waals surface area contributed by atoms with Crippen LogP contribution in [0, 0.1) is 6.92 Å². The molecule has 0 aliphatic carbocycles. The zero-order valence-electron chi connectivity index (χ0n) is 10.8. The molecule has 0 amide bonds. The zero-order chi connectivity index (χ0) is 12.8. The van der Waals surface area contributed by atoms with Crippen LogP contribution in [-0.4, -0.2) is 11.5 Å². The molecule has 0 aliphatic rings. The highest BCUT2D eigenvalue weighted by Crippen LogP contribution is 2.28. The Bertz CT molecular complexity index is 496. The van der Waals surface area contributed by atoms with E-state index < -0.39 is 0 Å². The van der Waals surface area contributed by atoms with Gasteiger partial charge in [0, 0.05) is 29.0 Å². The third-order valence-electron chi connectivity index (χ3n) is 2.63. The molecule has 0 saturated carbocycles. The Morgan fingerprint density at radius 3 is 3.00 bits per heavy atom. The van der Waals surface area contributed by atoms with E-state index in [4.69, 9.17) is 4.42 Å². The highest BCUT2D eigenvalue weighted by Gasteiger charge is 2.06. The summed E-state index contributed by atoms with van der Waals surface area (Å²) in [5, 5.41) is 3.36. The normalized spacial score (nSPS) is 10.6. The molecule has 0 aromatic carbocycles. The van der Waals surface area contributed by atoms with Gasteiger partial charge in [-0.3, -0.25) is 0 Å². The molecule has 0 saturated heterocycles. The molecule has 2 aromatic heterocycles. The van der Waals surface area contributed by atoms with Crippen molar-refractivity contribution in [1.29, 1.82) is 0 Å². The number of rotatable bonds is 6. The number of anilines is 1. The van der Waals surface area contributed by atoms with Gasteiger partial charge >= 0.3 is 0 Å². The lowest BCUT2D eigenvalue weighted by molar-refractivity contribution is 0.527. The van der Waals surface area contributed by atoms with Gasteiger partial charge in [0.15, 0.2) is 0 Å². The molecule has 0 atom stereocenters. The minimum absolute atomic E-state index is 0.903. The van der Waals surface area contributed by atoms with Crippen LogP contribution in [0.1, 0.15) is 24.7 Å². The van der Waals surface area contributed by atoms with Crippen molar-refractivity contribution in [2.75, 3.05) is 11.9 Å². The molecule has 18 heavy (non-hydrogen) atoms. The first-order valence-corrected chi connectivity index (χ1v) is 7.14. The molecule has 4 heteroatoms. The highest BCUT2D eigenvalue weighted by molar-refractivity contribution is 7.98. The predicted molar refractivity (Wildman–Crippen MR) is 76.0 cm³/mol. The maximum Gasteiger partial charge on any atom is 0.129 e. The van der Waals surface area contributed by atoms with Crippen LogP contribution in [0.3, 0.4) is 0 Å². The van der Waals surface area contributed by atoms with E-state index in [9.17, 15) is 0 Å². The molecule has 2 aromatic rings. The summed E-state index contributed by atoms with van der Waals surface area (Å²) in [6.07, 6.45) is 4.66. The second-order valence-corrected chi connectivity index (χ2v) is 5.08. The number of hydrogen-bond acceptors (Lipinski definition) is 4. The van der Waals surface area contributed by atoms with Crippen LogP contribution in [0.25, 0.3) is 0 Å². The average molecular weight is 262 g/mol. The van der Waals surface area contributed by atoms with E-state index in [-0.39, 0.29) is 0 Å². The number of hydrogen-bond donors (Lipinski definition) is 1. The summed E-state index contributed by atoms with van der Waals surface area (Å²) in [5.41, 5.74) is 1.23. The highest BCUT2D eigenvalue weighted by atomic mass is 32.2. The zero-order valence-corrected chi connectivity index (χ0v) is 11.6. The smallest absolute Gasteiger partial charge is 0.129 e. The standard InChI is InChI=1S/C14H18N2OS/c1-3-7-15-14-12(5-4-8-16-14)10-18-13-6-9-17-11(13)2/h4-6,8-9H,3,7,10H2,1-2H3,(H,15,16). The third-order valence-corrected chi connectivity index (χ3v) is 3.82. The van der Waals surface area contributed by atoms with E-state index in [1.54, 1.807) is 18.0 Å². The van der Waals surface area contributed by atoms with Gasteiger partial charge in [0.25, 0.3) is 0 Å². The van der Waals surface area contributed by atoms with Crippen molar-refractivity contribution in [1.82, 2.24) is 4.98 Å². The first kappa shape index (κ1) is 13.0. The van der Waals surface area contributed by atoms with Crippen molar-refractivity contribution in [3.63, 3.8) is 0 Å². The SMILES string of the molecule is CCCNc1ncccc1CSc1ccoc1C. The number of pyridine rings is 1. The molecule has 3 nitrogen and oxygen atoms in total. The van der Waals surface area contributed by atoms with Crippen molar-refractivity contribution in [2.24, 2.45) is 0 Å². The van der Waals surface area contributed by atoms with Gasteiger partial charge in [0.2, 0.25) is 0 Å². The molecule has 0 bridgehead atoms. The largest absolute Gasteiger partial charge is 0.468 e. The van der Waals surface area contributed by atoms with E-state index in [0.29, 0.717) is 0 Å². The van der Waals surface area contributed by atoms with Crippen molar-refractivity contribution in [3.05, 3.63) is 42.0 Å². The monoisotopic (exact) mass is 262 g/mol. The van der Waals surface area contributed by atoms with Gasteiger partial charge in [-0.15, -0.1) is 11.8 Å². The number of furan rings is 1. The molecule has 0 radical (unpaired) electrons. The van der Waals surface area contributed by atoms with Crippen molar-refractivity contribution in [2.45, 2.75) is 30.9 Å². The quantitative estimate of drug-likeness (QED) is 0.795. The Labute approximate surface area is 112 Å². The molecule has 96 valence electrons. The Morgan fingerprint density at radius 1 is 1.39 bits per heavy atom. The summed E-state index contributed by atoms with van der Waals surface area (Å²) in [4.78, 5) is 5.59. The van der Waals surface area contributed by atoms with Crippen LogP contribution in [0.4, 0.5) is 5.82 Å². The lowest BCUT2D eigenvalue weighted by Gasteiger charge is -2.09. The molecule has 0 fully saturated rings. The number of nitrogens with one attached hydrogen (secondary N) is 1. The fourth-order valence-corrected chi connectivity index (χ4v) is 2.58. The van der Waals surface area contributed by atoms with Crippen LogP contribution >= 0.6 is 11.8 Å². The number of nitrogens with zero attached hydrogens (tertiary/aromatic N) is 1. The minimum Gasteiger partial charge on any atom is -0.468 e. The summed E-state index contributed by atoms with van der Waals surface area (Å²) in [6, 6.07) is 6.11. The van der Waals surface area contributed by atoms with Gasteiger partial charge in [-0.25, -0.2) is 4.98 Å². The summed E-state index contributed by atoms with van der Waals surface area (Å²) in [5.74, 6) is 2.88. The topological polar surface area (TPSA) is 38.1 Å². The first-order chi connectivity index (χ1) is 8.81. The van der Waals surface area contributed by atoms with Crippen molar-refractivity contribution < 1.29 is 4.42 Å². The number of aromatic nitrogens is 1.